The summed E-state index contributed by atoms with van der Waals surface area (Å²) >= 11 is 0. The number of methoxy groups -OCH3 is 1. The molecule has 0 N–H and O–H groups in total. The molecule has 8 nitrogen and oxygen atoms in total. The molecule has 0 saturated carbocycles. The monoisotopic (exact) mass is 505 g/mol. The van der Waals surface area contributed by atoms with Crippen molar-refractivity contribution in [1.29, 1.82) is 0 Å². The van der Waals surface area contributed by atoms with Crippen LogP contribution in [0.4, 0.5) is 0 Å². The number of carbonyl (C=O) groups excluding carboxylic acids is 1. The molecule has 0 aliphatic carbocycles. The molecule has 0 spiro atoms. The van der Waals surface area contributed by atoms with Crippen LogP contribution in [0.1, 0.15) is 30.5 Å². The summed E-state index contributed by atoms with van der Waals surface area (Å²) in [5.74, 6) is 1.10. The van der Waals surface area contributed by atoms with E-state index in [0.717, 1.165) is 61.9 Å². The second-order valence-electron chi connectivity index (χ2n) is 9.96. The van der Waals surface area contributed by atoms with Crippen LogP contribution in [0, 0.1) is 5.92 Å². The Morgan fingerprint density at radius 1 is 1.11 bits per heavy atom. The Hall–Kier alpha value is -3.36. The molecule has 2 unspecified atom stereocenters. The molecule has 3 aliphatic heterocycles. The number of ether oxygens (including phenoxy) is 3. The van der Waals surface area contributed by atoms with E-state index in [1.54, 1.807) is 7.11 Å². The van der Waals surface area contributed by atoms with E-state index in [0.29, 0.717) is 12.4 Å². The molecule has 3 heterocycles. The van der Waals surface area contributed by atoms with Crippen LogP contribution in [0.25, 0.3) is 6.08 Å². The first-order chi connectivity index (χ1) is 18.0. The van der Waals surface area contributed by atoms with Crippen molar-refractivity contribution in [1.82, 2.24) is 9.80 Å². The summed E-state index contributed by atoms with van der Waals surface area (Å²) in [5.41, 5.74) is 5.18. The fourth-order valence-corrected chi connectivity index (χ4v) is 5.24. The molecule has 0 bridgehead atoms. The summed E-state index contributed by atoms with van der Waals surface area (Å²) in [6.07, 6.45) is 2.23. The molecule has 2 atom stereocenters. The average molecular weight is 506 g/mol. The van der Waals surface area contributed by atoms with Crippen molar-refractivity contribution in [3.8, 4) is 11.5 Å². The van der Waals surface area contributed by atoms with E-state index in [1.165, 1.54) is 18.1 Å². The third-order valence-corrected chi connectivity index (χ3v) is 7.18. The van der Waals surface area contributed by atoms with Gasteiger partial charge in [0, 0.05) is 57.3 Å². The molecule has 2 aromatic carbocycles. The predicted molar refractivity (Wildman–Crippen MR) is 142 cm³/mol. The van der Waals surface area contributed by atoms with Gasteiger partial charge in [-0.1, -0.05) is 47.1 Å². The van der Waals surface area contributed by atoms with Crippen LogP contribution in [0.5, 0.6) is 11.5 Å². The Morgan fingerprint density at radius 3 is 2.59 bits per heavy atom. The molecule has 196 valence electrons. The maximum absolute atomic E-state index is 11.2. The molecule has 8 heteroatoms. The predicted octanol–water partition coefficient (Wildman–Crippen LogP) is 3.59. The van der Waals surface area contributed by atoms with Crippen molar-refractivity contribution in [2.75, 3.05) is 53.0 Å². The Bertz CT molecular complexity index is 1170. The van der Waals surface area contributed by atoms with Crippen molar-refractivity contribution in [2.45, 2.75) is 26.6 Å². The van der Waals surface area contributed by atoms with Gasteiger partial charge in [0.05, 0.1) is 13.0 Å². The van der Waals surface area contributed by atoms with E-state index < -0.39 is 0 Å². The summed E-state index contributed by atoms with van der Waals surface area (Å²) < 4.78 is 16.8. The van der Waals surface area contributed by atoms with Crippen LogP contribution in [-0.2, 0) is 21.0 Å². The number of hydrogen-bond acceptors (Lipinski definition) is 8. The fourth-order valence-electron chi connectivity index (χ4n) is 5.24. The van der Waals surface area contributed by atoms with Gasteiger partial charge in [0.15, 0.2) is 6.10 Å². The van der Waals surface area contributed by atoms with E-state index in [1.807, 2.05) is 18.2 Å². The lowest BCUT2D eigenvalue weighted by molar-refractivity contribution is -0.142. The lowest BCUT2D eigenvalue weighted by Gasteiger charge is -2.36. The molecule has 3 aliphatic rings. The van der Waals surface area contributed by atoms with Gasteiger partial charge in [-0.3, -0.25) is 14.6 Å². The maximum atomic E-state index is 11.2. The Kier molecular flexibility index (Phi) is 7.76. The van der Waals surface area contributed by atoms with Crippen molar-refractivity contribution in [2.24, 2.45) is 11.1 Å². The summed E-state index contributed by atoms with van der Waals surface area (Å²) in [6.45, 7) is 10.1. The highest BCUT2D eigenvalue weighted by atomic mass is 16.6. The number of nitrogens with zero attached hydrogens (tertiary/aromatic N) is 3. The van der Waals surface area contributed by atoms with Crippen molar-refractivity contribution >= 4 is 17.8 Å². The number of piperazine rings is 1. The number of esters is 1. The highest BCUT2D eigenvalue weighted by molar-refractivity contribution is 6.06. The maximum Gasteiger partial charge on any atom is 0.302 e. The van der Waals surface area contributed by atoms with Gasteiger partial charge in [0.25, 0.3) is 0 Å². The van der Waals surface area contributed by atoms with E-state index in [9.17, 15) is 4.79 Å². The normalized spacial score (nSPS) is 21.8. The van der Waals surface area contributed by atoms with Gasteiger partial charge in [-0.05, 0) is 24.6 Å². The molecule has 0 amide bonds. The van der Waals surface area contributed by atoms with E-state index >= 15 is 0 Å². The molecule has 2 aromatic rings. The number of rotatable bonds is 8. The molecular weight excluding hydrogens is 470 g/mol. The largest absolute Gasteiger partial charge is 0.496 e. The number of benzene rings is 2. The zero-order chi connectivity index (χ0) is 25.8. The Morgan fingerprint density at radius 2 is 1.86 bits per heavy atom. The first-order valence-electron chi connectivity index (χ1n) is 12.9. The SMILES string of the molecule is COc1cc2c(cc1COC(C)=O)OCC1C2=NOC1CN1CCN(C/C(C)=C/c2ccccc2)CC1. The van der Waals surface area contributed by atoms with E-state index in [2.05, 4.69) is 52.2 Å². The summed E-state index contributed by atoms with van der Waals surface area (Å²) in [7, 11) is 1.61. The van der Waals surface area contributed by atoms with Crippen LogP contribution in [0.2, 0.25) is 0 Å². The highest BCUT2D eigenvalue weighted by Gasteiger charge is 2.41. The lowest BCUT2D eigenvalue weighted by atomic mass is 9.89. The number of oxime groups is 1. The molecule has 5 rings (SSSR count). The first-order valence-corrected chi connectivity index (χ1v) is 12.9. The van der Waals surface area contributed by atoms with Crippen LogP contribution >= 0.6 is 0 Å². The van der Waals surface area contributed by atoms with Gasteiger partial charge in [-0.2, -0.15) is 0 Å². The quantitative estimate of drug-likeness (QED) is 0.508. The second-order valence-corrected chi connectivity index (χ2v) is 9.96. The van der Waals surface area contributed by atoms with Gasteiger partial charge < -0.3 is 19.0 Å². The molecule has 0 radical (unpaired) electrons. The van der Waals surface area contributed by atoms with Crippen molar-refractivity contribution in [3.63, 3.8) is 0 Å². The zero-order valence-corrected chi connectivity index (χ0v) is 21.8. The van der Waals surface area contributed by atoms with E-state index in [-0.39, 0.29) is 24.6 Å². The highest BCUT2D eigenvalue weighted by Crippen LogP contribution is 2.38. The molecule has 1 fully saturated rings. The first kappa shape index (κ1) is 25.3. The fraction of sp³-hybridized carbons (Fsp3) is 0.448. The zero-order valence-electron chi connectivity index (χ0n) is 21.8. The van der Waals surface area contributed by atoms with Crippen LogP contribution in [0.3, 0.4) is 0 Å². The summed E-state index contributed by atoms with van der Waals surface area (Å²) in [6, 6.07) is 14.3. The van der Waals surface area contributed by atoms with Gasteiger partial charge in [0.2, 0.25) is 0 Å². The number of hydrogen-bond donors (Lipinski definition) is 0. The third-order valence-electron chi connectivity index (χ3n) is 7.18. The minimum atomic E-state index is -0.336. The van der Waals surface area contributed by atoms with Gasteiger partial charge in [-0.15, -0.1) is 0 Å². The van der Waals surface area contributed by atoms with Crippen molar-refractivity contribution in [3.05, 3.63) is 64.7 Å². The Balaban J connectivity index is 1.16. The summed E-state index contributed by atoms with van der Waals surface area (Å²) in [4.78, 5) is 22.2. The Labute approximate surface area is 218 Å². The van der Waals surface area contributed by atoms with E-state index in [4.69, 9.17) is 19.0 Å². The minimum absolute atomic E-state index is 0.0406. The van der Waals surface area contributed by atoms with Gasteiger partial charge in [-0.25, -0.2) is 0 Å². The lowest BCUT2D eigenvalue weighted by Crippen LogP contribution is -2.50. The smallest absolute Gasteiger partial charge is 0.302 e. The van der Waals surface area contributed by atoms with Crippen LogP contribution < -0.4 is 9.47 Å². The average Bonchev–Trinajstić information content (AvgIpc) is 3.31. The molecule has 37 heavy (non-hydrogen) atoms. The minimum Gasteiger partial charge on any atom is -0.496 e. The van der Waals surface area contributed by atoms with Crippen LogP contribution in [0.15, 0.2) is 53.2 Å². The van der Waals surface area contributed by atoms with Gasteiger partial charge >= 0.3 is 5.97 Å². The molecular formula is C29H35N3O5. The topological polar surface area (TPSA) is 72.8 Å². The second kappa shape index (κ2) is 11.4. The van der Waals surface area contributed by atoms with Crippen LogP contribution in [-0.4, -0.2) is 80.6 Å². The summed E-state index contributed by atoms with van der Waals surface area (Å²) in [5, 5.41) is 4.47. The standard InChI is InChI=1S/C29H35N3O5/c1-20(13-22-7-5-4-6-8-22)16-31-9-11-32(12-10-31)17-28-25-19-36-27-14-23(18-35-21(2)33)26(34-3)15-24(27)29(25)30-37-28/h4-8,13-15,25,28H,9-12,16-19H2,1-3H3/b20-13+. The van der Waals surface area contributed by atoms with Crippen molar-refractivity contribution < 1.29 is 23.8 Å². The van der Waals surface area contributed by atoms with Gasteiger partial charge in [0.1, 0.15) is 30.4 Å². The number of carbonyl (C=O) groups is 1. The third kappa shape index (κ3) is 5.97. The molecule has 1 saturated heterocycles. The molecule has 0 aromatic heterocycles. The number of fused-ring (bicyclic) bond motifs is 3.